The van der Waals surface area contributed by atoms with E-state index in [4.69, 9.17) is 0 Å². The van der Waals surface area contributed by atoms with Crippen LogP contribution in [0.3, 0.4) is 0 Å². The SMILES string of the molecule is CB1C=CB(c2cccc(N(c3ccccc3)c3ccccc3)c2)C1. The Morgan fingerprint density at radius 3 is 1.84 bits per heavy atom. The molecule has 0 amide bonds. The summed E-state index contributed by atoms with van der Waals surface area (Å²) in [5, 5.41) is 0. The Morgan fingerprint density at radius 2 is 1.28 bits per heavy atom. The molecule has 3 aromatic carbocycles. The highest BCUT2D eigenvalue weighted by atomic mass is 15.1. The predicted octanol–water partition coefficient (Wildman–Crippen LogP) is 5.17. The van der Waals surface area contributed by atoms with Crippen molar-refractivity contribution in [2.45, 2.75) is 13.0 Å². The van der Waals surface area contributed by atoms with Gasteiger partial charge in [-0.2, -0.15) is 0 Å². The first-order valence-corrected chi connectivity index (χ1v) is 9.00. The van der Waals surface area contributed by atoms with Crippen LogP contribution in [0.15, 0.2) is 96.9 Å². The average molecular weight is 321 g/mol. The summed E-state index contributed by atoms with van der Waals surface area (Å²) in [4.78, 5) is 2.32. The largest absolute Gasteiger partial charge is 0.311 e. The fraction of sp³-hybridized carbons (Fsp3) is 0.0909. The lowest BCUT2D eigenvalue weighted by Gasteiger charge is -2.26. The molecule has 120 valence electrons. The summed E-state index contributed by atoms with van der Waals surface area (Å²) in [6, 6.07) is 30.1. The number of rotatable bonds is 4. The van der Waals surface area contributed by atoms with E-state index in [0.29, 0.717) is 13.4 Å². The first-order valence-electron chi connectivity index (χ1n) is 9.00. The third-order valence-corrected chi connectivity index (χ3v) is 4.88. The Hall–Kier alpha value is -2.67. The maximum Gasteiger partial charge on any atom is 0.192 e. The van der Waals surface area contributed by atoms with Gasteiger partial charge in [0.05, 0.1) is 0 Å². The first-order chi connectivity index (χ1) is 12.3. The van der Waals surface area contributed by atoms with Crippen LogP contribution in [0.1, 0.15) is 0 Å². The van der Waals surface area contributed by atoms with Gasteiger partial charge in [0.2, 0.25) is 0 Å². The molecule has 25 heavy (non-hydrogen) atoms. The molecule has 4 rings (SSSR count). The Balaban J connectivity index is 1.77. The molecule has 1 aliphatic heterocycles. The van der Waals surface area contributed by atoms with E-state index >= 15 is 0 Å². The van der Waals surface area contributed by atoms with Gasteiger partial charge in [-0.05, 0) is 36.4 Å². The molecular weight excluding hydrogens is 300 g/mol. The van der Waals surface area contributed by atoms with Crippen LogP contribution in [0.25, 0.3) is 0 Å². The van der Waals surface area contributed by atoms with Gasteiger partial charge in [-0.15, -0.1) is 12.0 Å². The third kappa shape index (κ3) is 3.41. The molecule has 0 unspecified atom stereocenters. The monoisotopic (exact) mass is 321 g/mol. The van der Waals surface area contributed by atoms with Gasteiger partial charge in [0.1, 0.15) is 0 Å². The van der Waals surface area contributed by atoms with Crippen molar-refractivity contribution < 1.29 is 0 Å². The maximum absolute atomic E-state index is 2.36. The summed E-state index contributed by atoms with van der Waals surface area (Å²) in [6.45, 7) is 3.50. The quantitative estimate of drug-likeness (QED) is 0.599. The molecule has 0 radical (unpaired) electrons. The van der Waals surface area contributed by atoms with E-state index in [1.165, 1.54) is 28.7 Å². The van der Waals surface area contributed by atoms with Crippen molar-refractivity contribution in [2.75, 3.05) is 4.90 Å². The number of benzene rings is 3. The molecular formula is C22H21B2N. The minimum Gasteiger partial charge on any atom is -0.311 e. The van der Waals surface area contributed by atoms with Crippen molar-refractivity contribution in [2.24, 2.45) is 0 Å². The minimum atomic E-state index is 0.531. The van der Waals surface area contributed by atoms with Crippen molar-refractivity contribution >= 4 is 36.0 Å². The van der Waals surface area contributed by atoms with Crippen LogP contribution >= 0.6 is 0 Å². The van der Waals surface area contributed by atoms with Gasteiger partial charge in [-0.25, -0.2) is 0 Å². The summed E-state index contributed by atoms with van der Waals surface area (Å²) in [6.07, 6.45) is 1.21. The summed E-state index contributed by atoms with van der Waals surface area (Å²) in [5.41, 5.74) is 4.97. The van der Waals surface area contributed by atoms with Gasteiger partial charge in [-0.3, -0.25) is 0 Å². The molecule has 0 N–H and O–H groups in total. The van der Waals surface area contributed by atoms with E-state index in [1.54, 1.807) is 0 Å². The highest BCUT2D eigenvalue weighted by Crippen LogP contribution is 2.33. The van der Waals surface area contributed by atoms with E-state index in [2.05, 4.69) is 109 Å². The molecule has 0 aromatic heterocycles. The lowest BCUT2D eigenvalue weighted by Crippen LogP contribution is -2.28. The lowest BCUT2D eigenvalue weighted by molar-refractivity contribution is 1.29. The molecule has 0 atom stereocenters. The molecule has 3 heteroatoms. The zero-order valence-electron chi connectivity index (χ0n) is 14.5. The zero-order chi connectivity index (χ0) is 17.1. The Kier molecular flexibility index (Phi) is 4.47. The number of anilines is 3. The minimum absolute atomic E-state index is 0.531. The van der Waals surface area contributed by atoms with Crippen LogP contribution in [0.4, 0.5) is 17.1 Å². The summed E-state index contributed by atoms with van der Waals surface area (Å²) in [7, 11) is 0. The molecule has 1 aliphatic rings. The van der Waals surface area contributed by atoms with E-state index in [0.717, 1.165) is 0 Å². The molecule has 1 nitrogen and oxygen atoms in total. The highest BCUT2D eigenvalue weighted by molar-refractivity contribution is 6.93. The lowest BCUT2D eigenvalue weighted by atomic mass is 9.34. The molecule has 0 aliphatic carbocycles. The topological polar surface area (TPSA) is 3.24 Å². The van der Waals surface area contributed by atoms with Crippen LogP contribution in [0.2, 0.25) is 13.0 Å². The van der Waals surface area contributed by atoms with Crippen molar-refractivity contribution in [3.63, 3.8) is 0 Å². The van der Waals surface area contributed by atoms with E-state index in [9.17, 15) is 0 Å². The molecule has 1 heterocycles. The van der Waals surface area contributed by atoms with Crippen LogP contribution in [0, 0.1) is 0 Å². The average Bonchev–Trinajstić information content (AvgIpc) is 3.11. The standard InChI is InChI=1S/C22H21B2N/c1-23-15-16-24(18-23)19-9-8-14-22(17-19)25(20-10-4-2-5-11-20)21-12-6-3-7-13-21/h2-17H,18H2,1H3. The van der Waals surface area contributed by atoms with Crippen LogP contribution < -0.4 is 10.4 Å². The van der Waals surface area contributed by atoms with E-state index in [-0.39, 0.29) is 0 Å². The second-order valence-corrected chi connectivity index (χ2v) is 6.81. The number of para-hydroxylation sites is 2. The van der Waals surface area contributed by atoms with Crippen LogP contribution in [0.5, 0.6) is 0 Å². The van der Waals surface area contributed by atoms with Gasteiger partial charge < -0.3 is 4.90 Å². The summed E-state index contributed by atoms with van der Waals surface area (Å²) >= 11 is 0. The highest BCUT2D eigenvalue weighted by Gasteiger charge is 2.23. The first kappa shape index (κ1) is 15.8. The van der Waals surface area contributed by atoms with Crippen molar-refractivity contribution in [3.8, 4) is 0 Å². The summed E-state index contributed by atoms with van der Waals surface area (Å²) in [5.74, 6) is 4.70. The fourth-order valence-corrected chi connectivity index (χ4v) is 3.62. The molecule has 0 saturated carbocycles. The molecule has 0 fully saturated rings. The third-order valence-electron chi connectivity index (χ3n) is 4.88. The van der Waals surface area contributed by atoms with Gasteiger partial charge in [0.25, 0.3) is 0 Å². The van der Waals surface area contributed by atoms with Crippen LogP contribution in [-0.4, -0.2) is 13.4 Å². The number of hydrogen-bond donors (Lipinski definition) is 0. The second kappa shape index (κ2) is 7.06. The summed E-state index contributed by atoms with van der Waals surface area (Å²) < 4.78 is 0. The van der Waals surface area contributed by atoms with E-state index < -0.39 is 0 Å². The van der Waals surface area contributed by atoms with E-state index in [1.807, 2.05) is 0 Å². The second-order valence-electron chi connectivity index (χ2n) is 6.81. The fourth-order valence-electron chi connectivity index (χ4n) is 3.62. The Morgan fingerprint density at radius 1 is 0.680 bits per heavy atom. The number of nitrogens with zero attached hydrogens (tertiary/aromatic N) is 1. The van der Waals surface area contributed by atoms with Crippen LogP contribution in [-0.2, 0) is 0 Å². The van der Waals surface area contributed by atoms with Crippen molar-refractivity contribution in [3.05, 3.63) is 96.9 Å². The van der Waals surface area contributed by atoms with Crippen molar-refractivity contribution in [1.29, 1.82) is 0 Å². The smallest absolute Gasteiger partial charge is 0.192 e. The molecule has 0 bridgehead atoms. The maximum atomic E-state index is 2.36. The molecule has 3 aromatic rings. The molecule has 0 saturated heterocycles. The van der Waals surface area contributed by atoms with Crippen molar-refractivity contribution in [1.82, 2.24) is 0 Å². The van der Waals surface area contributed by atoms with Gasteiger partial charge in [0, 0.05) is 17.1 Å². The Bertz CT molecular complexity index is 822. The zero-order valence-corrected chi connectivity index (χ0v) is 14.5. The Labute approximate surface area is 151 Å². The number of hydrogen-bond acceptors (Lipinski definition) is 1. The van der Waals surface area contributed by atoms with Gasteiger partial charge in [0.15, 0.2) is 13.4 Å². The molecule has 0 spiro atoms. The predicted molar refractivity (Wildman–Crippen MR) is 112 cm³/mol. The van der Waals surface area contributed by atoms with Gasteiger partial charge >= 0.3 is 0 Å². The normalized spacial score (nSPS) is 13.3. The van der Waals surface area contributed by atoms with Gasteiger partial charge in [-0.1, -0.05) is 67.0 Å².